The average Bonchev–Trinajstić information content (AvgIpc) is 3.07. The van der Waals surface area contributed by atoms with Crippen LogP contribution in [0.15, 0.2) is 30.3 Å². The lowest BCUT2D eigenvalue weighted by atomic mass is 9.98. The number of ketones is 2. The molecule has 17 heteroatoms. The Morgan fingerprint density at radius 2 is 0.978 bits per heavy atom. The number of ether oxygens (including phenoxy) is 7. The van der Waals surface area contributed by atoms with E-state index in [-0.39, 0.29) is 39.9 Å². The number of aliphatic hydroxyl groups is 8. The minimum atomic E-state index is -1.84. The third-order valence-corrected chi connectivity index (χ3v) is 7.48. The molecule has 0 saturated carbocycles. The van der Waals surface area contributed by atoms with Gasteiger partial charge in [0, 0.05) is 17.2 Å². The Kier molecular flexibility index (Phi) is 11.4. The van der Waals surface area contributed by atoms with Gasteiger partial charge in [-0.25, -0.2) is 0 Å². The zero-order valence-electron chi connectivity index (χ0n) is 24.8. The number of methoxy groups -OCH3 is 3. The number of carbonyl (C=O) groups excluding carboxylic acids is 2. The van der Waals surface area contributed by atoms with Gasteiger partial charge in [-0.05, 0) is 24.3 Å². The molecule has 254 valence electrons. The SMILES string of the molecule is COc1cc(C(=O)C(=O)c2cc(O[C@@H]3O[C@H](CO)[C@@H](O)[C@H](O)[C@H]3O)cc(O[C@@H]3O[C@H](CO)[C@@H](O)[C@H](O)[C@H]3O)c2)cc(OC)c1OC. The van der Waals surface area contributed by atoms with Crippen molar-refractivity contribution in [3.63, 3.8) is 0 Å². The molecule has 10 atom stereocenters. The van der Waals surface area contributed by atoms with Crippen LogP contribution in [0.2, 0.25) is 0 Å². The largest absolute Gasteiger partial charge is 0.493 e. The summed E-state index contributed by atoms with van der Waals surface area (Å²) in [6.07, 6.45) is -16.7. The van der Waals surface area contributed by atoms with Crippen molar-refractivity contribution in [1.29, 1.82) is 0 Å². The highest BCUT2D eigenvalue weighted by Crippen LogP contribution is 2.39. The second-order valence-electron chi connectivity index (χ2n) is 10.4. The smallest absolute Gasteiger partial charge is 0.233 e. The molecule has 0 unspecified atom stereocenters. The molecule has 8 N–H and O–H groups in total. The maximum Gasteiger partial charge on any atom is 0.233 e. The molecule has 17 nitrogen and oxygen atoms in total. The van der Waals surface area contributed by atoms with E-state index in [1.165, 1.54) is 33.5 Å². The molecule has 2 aromatic carbocycles. The molecule has 2 aromatic rings. The minimum Gasteiger partial charge on any atom is -0.493 e. The van der Waals surface area contributed by atoms with Gasteiger partial charge >= 0.3 is 0 Å². The fraction of sp³-hybridized carbons (Fsp3) is 0.517. The lowest BCUT2D eigenvalue weighted by molar-refractivity contribution is -0.278. The third kappa shape index (κ3) is 7.03. The van der Waals surface area contributed by atoms with E-state index in [0.717, 1.165) is 18.2 Å². The van der Waals surface area contributed by atoms with Crippen LogP contribution in [0.25, 0.3) is 0 Å². The van der Waals surface area contributed by atoms with Crippen molar-refractivity contribution in [2.45, 2.75) is 61.4 Å². The summed E-state index contributed by atoms with van der Waals surface area (Å²) >= 11 is 0. The number of aliphatic hydroxyl groups excluding tert-OH is 8. The summed E-state index contributed by atoms with van der Waals surface area (Å²) in [6.45, 7) is -1.50. The van der Waals surface area contributed by atoms with Gasteiger partial charge in [0.25, 0.3) is 0 Å². The number of hydrogen-bond donors (Lipinski definition) is 8. The molecule has 0 spiro atoms. The van der Waals surface area contributed by atoms with Gasteiger partial charge in [-0.15, -0.1) is 0 Å². The van der Waals surface area contributed by atoms with Crippen LogP contribution >= 0.6 is 0 Å². The zero-order valence-corrected chi connectivity index (χ0v) is 24.8. The lowest BCUT2D eigenvalue weighted by Crippen LogP contribution is -2.60. The summed E-state index contributed by atoms with van der Waals surface area (Å²) in [4.78, 5) is 27.0. The van der Waals surface area contributed by atoms with Crippen LogP contribution in [-0.4, -0.2) is 148 Å². The first-order valence-electron chi connectivity index (χ1n) is 13.9. The Balaban J connectivity index is 1.72. The van der Waals surface area contributed by atoms with Gasteiger partial charge in [0.05, 0.1) is 34.5 Å². The van der Waals surface area contributed by atoms with Gasteiger partial charge in [-0.1, -0.05) is 0 Å². The number of benzene rings is 2. The molecule has 2 fully saturated rings. The van der Waals surface area contributed by atoms with Gasteiger partial charge in [0.2, 0.25) is 29.9 Å². The summed E-state index contributed by atoms with van der Waals surface area (Å²) in [5.41, 5.74) is -0.517. The molecular formula is C29H36O17. The Labute approximate surface area is 261 Å². The first kappa shape index (κ1) is 35.2. The van der Waals surface area contributed by atoms with E-state index in [1.807, 2.05) is 0 Å². The van der Waals surface area contributed by atoms with Gasteiger partial charge in [0.1, 0.15) is 60.3 Å². The third-order valence-electron chi connectivity index (χ3n) is 7.48. The fourth-order valence-corrected chi connectivity index (χ4v) is 4.91. The number of rotatable bonds is 12. The standard InChI is InChI=1S/C29H36O17/c1-40-15-6-12(7-16(41-2)27(15)42-3)20(33)19(32)11-4-13(43-28-25(38)23(36)21(34)17(9-30)45-28)8-14(5-11)44-29-26(39)24(37)22(35)18(10-31)46-29/h4-8,17-18,21-26,28-31,34-39H,9-10H2,1-3H3/t17-,18-,21-,22-,23+,24+,25-,26-,28-,29-/m1/s1. The van der Waals surface area contributed by atoms with E-state index in [4.69, 9.17) is 33.2 Å². The van der Waals surface area contributed by atoms with Crippen LogP contribution in [0.1, 0.15) is 20.7 Å². The molecular weight excluding hydrogens is 620 g/mol. The van der Waals surface area contributed by atoms with Crippen LogP contribution in [0.4, 0.5) is 0 Å². The highest BCUT2D eigenvalue weighted by atomic mass is 16.7. The van der Waals surface area contributed by atoms with Crippen molar-refractivity contribution < 1.29 is 83.6 Å². The van der Waals surface area contributed by atoms with Crippen LogP contribution in [0, 0.1) is 0 Å². The first-order valence-corrected chi connectivity index (χ1v) is 13.9. The van der Waals surface area contributed by atoms with Gasteiger partial charge in [-0.2, -0.15) is 0 Å². The highest BCUT2D eigenvalue weighted by Gasteiger charge is 2.46. The molecule has 4 rings (SSSR count). The van der Waals surface area contributed by atoms with Crippen LogP contribution in [-0.2, 0) is 9.47 Å². The maximum absolute atomic E-state index is 13.6. The molecule has 0 aliphatic carbocycles. The predicted octanol–water partition coefficient (Wildman–Crippen LogP) is -2.86. The normalized spacial score (nSPS) is 31.1. The molecule has 0 aromatic heterocycles. The second kappa shape index (κ2) is 14.9. The molecule has 46 heavy (non-hydrogen) atoms. The fourth-order valence-electron chi connectivity index (χ4n) is 4.91. The number of Topliss-reactive ketones (excluding diaryl/α,β-unsaturated/α-hetero) is 2. The molecule has 0 amide bonds. The van der Waals surface area contributed by atoms with E-state index in [9.17, 15) is 50.4 Å². The van der Waals surface area contributed by atoms with Crippen molar-refractivity contribution in [2.75, 3.05) is 34.5 Å². The minimum absolute atomic E-state index is 0.0874. The first-order chi connectivity index (χ1) is 21.9. The molecule has 2 aliphatic rings. The Hall–Kier alpha value is -3.62. The Bertz CT molecular complexity index is 1300. The van der Waals surface area contributed by atoms with E-state index in [1.54, 1.807) is 0 Å². The quantitative estimate of drug-likeness (QED) is 0.0843. The van der Waals surface area contributed by atoms with Gasteiger partial charge in [0.15, 0.2) is 11.5 Å². The molecule has 2 saturated heterocycles. The monoisotopic (exact) mass is 656 g/mol. The second-order valence-corrected chi connectivity index (χ2v) is 10.4. The molecule has 2 heterocycles. The van der Waals surface area contributed by atoms with E-state index >= 15 is 0 Å². The summed E-state index contributed by atoms with van der Waals surface area (Å²) in [7, 11) is 3.98. The summed E-state index contributed by atoms with van der Waals surface area (Å²) in [6, 6.07) is 5.76. The van der Waals surface area contributed by atoms with Gasteiger partial charge < -0.3 is 74.0 Å². The molecule has 0 radical (unpaired) electrons. The zero-order chi connectivity index (χ0) is 33.9. The van der Waals surface area contributed by atoms with Crippen molar-refractivity contribution in [1.82, 2.24) is 0 Å². The number of hydrogen-bond acceptors (Lipinski definition) is 17. The van der Waals surface area contributed by atoms with Crippen LogP contribution in [0.5, 0.6) is 28.7 Å². The predicted molar refractivity (Wildman–Crippen MR) is 150 cm³/mol. The van der Waals surface area contributed by atoms with Crippen LogP contribution < -0.4 is 23.7 Å². The van der Waals surface area contributed by atoms with Crippen molar-refractivity contribution in [3.8, 4) is 28.7 Å². The maximum atomic E-state index is 13.6. The number of carbonyl (C=O) groups is 2. The molecule has 2 aliphatic heterocycles. The summed E-state index contributed by atoms with van der Waals surface area (Å²) in [5.74, 6) is -2.43. The Morgan fingerprint density at radius 3 is 1.33 bits per heavy atom. The summed E-state index contributed by atoms with van der Waals surface area (Å²) in [5, 5.41) is 80.5. The van der Waals surface area contributed by atoms with Crippen LogP contribution in [0.3, 0.4) is 0 Å². The van der Waals surface area contributed by atoms with Crippen molar-refractivity contribution in [3.05, 3.63) is 41.5 Å². The van der Waals surface area contributed by atoms with Crippen molar-refractivity contribution >= 4 is 11.6 Å². The molecule has 0 bridgehead atoms. The topological polar surface area (TPSA) is 261 Å². The van der Waals surface area contributed by atoms with Gasteiger partial charge in [-0.3, -0.25) is 9.59 Å². The lowest BCUT2D eigenvalue weighted by Gasteiger charge is -2.40. The van der Waals surface area contributed by atoms with E-state index in [2.05, 4.69) is 0 Å². The van der Waals surface area contributed by atoms with E-state index in [0.29, 0.717) is 0 Å². The van der Waals surface area contributed by atoms with E-state index < -0.39 is 86.2 Å². The highest BCUT2D eigenvalue weighted by molar-refractivity contribution is 6.49. The van der Waals surface area contributed by atoms with Crippen molar-refractivity contribution in [2.24, 2.45) is 0 Å². The summed E-state index contributed by atoms with van der Waals surface area (Å²) < 4.78 is 37.8. The Morgan fingerprint density at radius 1 is 0.587 bits per heavy atom. The average molecular weight is 657 g/mol.